The number of aromatic nitrogens is 2. The van der Waals surface area contributed by atoms with E-state index in [0.29, 0.717) is 25.1 Å². The number of hydrogen-bond acceptors (Lipinski definition) is 3. The quantitative estimate of drug-likeness (QED) is 0.776. The summed E-state index contributed by atoms with van der Waals surface area (Å²) in [7, 11) is 0. The number of para-hydroxylation sites is 1. The molecule has 2 aromatic carbocycles. The third-order valence-corrected chi connectivity index (χ3v) is 4.76. The SMILES string of the molecule is Cc1ccccc1NC(=O)c1ccc(CN2C(=O)CCn3nccc32)cc1. The van der Waals surface area contributed by atoms with Gasteiger partial charge in [0.25, 0.3) is 5.91 Å². The van der Waals surface area contributed by atoms with Gasteiger partial charge in [-0.2, -0.15) is 5.10 Å². The molecule has 2 heterocycles. The van der Waals surface area contributed by atoms with Crippen molar-refractivity contribution in [1.82, 2.24) is 9.78 Å². The van der Waals surface area contributed by atoms with E-state index in [2.05, 4.69) is 10.4 Å². The minimum atomic E-state index is -0.150. The maximum absolute atomic E-state index is 12.5. The predicted octanol–water partition coefficient (Wildman–Crippen LogP) is 3.38. The van der Waals surface area contributed by atoms with Crippen LogP contribution in [0.15, 0.2) is 60.8 Å². The molecule has 4 rings (SSSR count). The molecule has 27 heavy (non-hydrogen) atoms. The molecule has 0 spiro atoms. The maximum atomic E-state index is 12.5. The smallest absolute Gasteiger partial charge is 0.255 e. The first-order valence-electron chi connectivity index (χ1n) is 8.90. The van der Waals surface area contributed by atoms with Crippen molar-refractivity contribution < 1.29 is 9.59 Å². The molecule has 0 saturated heterocycles. The van der Waals surface area contributed by atoms with Crippen LogP contribution in [0.4, 0.5) is 11.5 Å². The van der Waals surface area contributed by atoms with Crippen LogP contribution in [-0.4, -0.2) is 21.6 Å². The first kappa shape index (κ1) is 17.0. The normalized spacial score (nSPS) is 13.4. The summed E-state index contributed by atoms with van der Waals surface area (Å²) >= 11 is 0. The number of carbonyl (C=O) groups excluding carboxylic acids is 2. The molecule has 0 saturated carbocycles. The lowest BCUT2D eigenvalue weighted by atomic mass is 10.1. The molecule has 0 unspecified atom stereocenters. The van der Waals surface area contributed by atoms with Crippen molar-refractivity contribution in [2.24, 2.45) is 0 Å². The molecular weight excluding hydrogens is 340 g/mol. The van der Waals surface area contributed by atoms with Gasteiger partial charge in [-0.25, -0.2) is 4.68 Å². The Balaban J connectivity index is 1.47. The van der Waals surface area contributed by atoms with Crippen LogP contribution in [0.1, 0.15) is 27.9 Å². The zero-order chi connectivity index (χ0) is 18.8. The van der Waals surface area contributed by atoms with E-state index < -0.39 is 0 Å². The molecule has 0 aliphatic carbocycles. The Morgan fingerprint density at radius 2 is 1.89 bits per heavy atom. The van der Waals surface area contributed by atoms with Crippen molar-refractivity contribution in [2.45, 2.75) is 26.4 Å². The lowest BCUT2D eigenvalue weighted by Gasteiger charge is -2.27. The molecule has 1 aromatic heterocycles. The average Bonchev–Trinajstić information content (AvgIpc) is 3.15. The van der Waals surface area contributed by atoms with Gasteiger partial charge in [0.05, 0.1) is 19.3 Å². The number of rotatable bonds is 4. The molecule has 6 heteroatoms. The fraction of sp³-hybridized carbons (Fsp3) is 0.190. The number of nitrogens with one attached hydrogen (secondary N) is 1. The average molecular weight is 360 g/mol. The van der Waals surface area contributed by atoms with Crippen molar-refractivity contribution in [1.29, 1.82) is 0 Å². The van der Waals surface area contributed by atoms with Crippen LogP contribution in [0.25, 0.3) is 0 Å². The summed E-state index contributed by atoms with van der Waals surface area (Å²) in [4.78, 5) is 26.5. The molecule has 0 bridgehead atoms. The molecule has 1 aliphatic rings. The van der Waals surface area contributed by atoms with Gasteiger partial charge in [-0.1, -0.05) is 30.3 Å². The summed E-state index contributed by atoms with van der Waals surface area (Å²) < 4.78 is 1.84. The Hall–Kier alpha value is -3.41. The highest BCUT2D eigenvalue weighted by Gasteiger charge is 2.24. The highest BCUT2D eigenvalue weighted by molar-refractivity contribution is 6.04. The third-order valence-electron chi connectivity index (χ3n) is 4.76. The molecule has 136 valence electrons. The minimum absolute atomic E-state index is 0.0874. The molecule has 0 radical (unpaired) electrons. The van der Waals surface area contributed by atoms with E-state index in [1.807, 2.05) is 54.1 Å². The molecular formula is C21H20N4O2. The van der Waals surface area contributed by atoms with Crippen molar-refractivity contribution in [3.63, 3.8) is 0 Å². The Morgan fingerprint density at radius 1 is 1.11 bits per heavy atom. The zero-order valence-electron chi connectivity index (χ0n) is 15.1. The van der Waals surface area contributed by atoms with Gasteiger partial charge in [0.2, 0.25) is 5.91 Å². The van der Waals surface area contributed by atoms with Crippen LogP contribution >= 0.6 is 0 Å². The number of fused-ring (bicyclic) bond motifs is 1. The van der Waals surface area contributed by atoms with Gasteiger partial charge in [-0.3, -0.25) is 14.5 Å². The highest BCUT2D eigenvalue weighted by atomic mass is 16.2. The van der Waals surface area contributed by atoms with E-state index in [9.17, 15) is 9.59 Å². The van der Waals surface area contributed by atoms with Crippen molar-refractivity contribution >= 4 is 23.3 Å². The zero-order valence-corrected chi connectivity index (χ0v) is 15.1. The number of amides is 2. The lowest BCUT2D eigenvalue weighted by Crippen LogP contribution is -2.36. The second-order valence-corrected chi connectivity index (χ2v) is 6.61. The second kappa shape index (κ2) is 7.07. The monoisotopic (exact) mass is 360 g/mol. The van der Waals surface area contributed by atoms with Gasteiger partial charge in [0.1, 0.15) is 5.82 Å². The van der Waals surface area contributed by atoms with E-state index in [1.165, 1.54) is 0 Å². The molecule has 1 aliphatic heterocycles. The van der Waals surface area contributed by atoms with Crippen molar-refractivity contribution in [3.05, 3.63) is 77.5 Å². The molecule has 0 fully saturated rings. The summed E-state index contributed by atoms with van der Waals surface area (Å²) in [6.45, 7) is 3.04. The number of benzene rings is 2. The van der Waals surface area contributed by atoms with Gasteiger partial charge in [-0.15, -0.1) is 0 Å². The Morgan fingerprint density at radius 3 is 2.67 bits per heavy atom. The molecule has 0 atom stereocenters. The van der Waals surface area contributed by atoms with Gasteiger partial charge < -0.3 is 5.32 Å². The summed E-state index contributed by atoms with van der Waals surface area (Å²) in [5.41, 5.74) is 3.36. The maximum Gasteiger partial charge on any atom is 0.255 e. The molecule has 2 amide bonds. The molecule has 3 aromatic rings. The number of carbonyl (C=O) groups is 2. The fourth-order valence-electron chi connectivity index (χ4n) is 3.21. The van der Waals surface area contributed by atoms with Gasteiger partial charge in [-0.05, 0) is 36.2 Å². The predicted molar refractivity (Wildman–Crippen MR) is 104 cm³/mol. The molecule has 6 nitrogen and oxygen atoms in total. The van der Waals surface area contributed by atoms with Crippen LogP contribution in [0, 0.1) is 6.92 Å². The largest absolute Gasteiger partial charge is 0.322 e. The lowest BCUT2D eigenvalue weighted by molar-refractivity contribution is -0.119. The number of hydrogen-bond donors (Lipinski definition) is 1. The topological polar surface area (TPSA) is 67.2 Å². The van der Waals surface area contributed by atoms with Crippen LogP contribution in [0.5, 0.6) is 0 Å². The van der Waals surface area contributed by atoms with Crippen molar-refractivity contribution in [3.8, 4) is 0 Å². The number of anilines is 2. The standard InChI is InChI=1S/C21H20N4O2/c1-15-4-2-3-5-18(15)23-21(27)17-8-6-16(7-9-17)14-24-19-10-12-22-25(19)13-11-20(24)26/h2-10,12H,11,13-14H2,1H3,(H,23,27). The summed E-state index contributed by atoms with van der Waals surface area (Å²) in [6.07, 6.45) is 2.16. The first-order valence-corrected chi connectivity index (χ1v) is 8.90. The van der Waals surface area contributed by atoms with Crippen LogP contribution in [-0.2, 0) is 17.9 Å². The van der Waals surface area contributed by atoms with Crippen LogP contribution < -0.4 is 10.2 Å². The Kier molecular flexibility index (Phi) is 4.46. The van der Waals surface area contributed by atoms with Gasteiger partial charge in [0, 0.05) is 23.7 Å². The minimum Gasteiger partial charge on any atom is -0.322 e. The summed E-state index contributed by atoms with van der Waals surface area (Å²) in [6, 6.07) is 16.9. The van der Waals surface area contributed by atoms with E-state index >= 15 is 0 Å². The summed E-state index contributed by atoms with van der Waals surface area (Å²) in [5, 5.41) is 7.17. The van der Waals surface area contributed by atoms with Gasteiger partial charge >= 0.3 is 0 Å². The first-order chi connectivity index (χ1) is 13.1. The van der Waals surface area contributed by atoms with E-state index in [0.717, 1.165) is 22.6 Å². The van der Waals surface area contributed by atoms with E-state index in [1.54, 1.807) is 23.2 Å². The molecule has 1 N–H and O–H groups in total. The van der Waals surface area contributed by atoms with E-state index in [-0.39, 0.29) is 11.8 Å². The third kappa shape index (κ3) is 3.46. The Bertz CT molecular complexity index is 991. The highest BCUT2D eigenvalue weighted by Crippen LogP contribution is 2.23. The van der Waals surface area contributed by atoms with Crippen LogP contribution in [0.3, 0.4) is 0 Å². The number of nitrogens with zero attached hydrogens (tertiary/aromatic N) is 3. The second-order valence-electron chi connectivity index (χ2n) is 6.61. The van der Waals surface area contributed by atoms with Crippen molar-refractivity contribution in [2.75, 3.05) is 10.2 Å². The Labute approximate surface area is 157 Å². The fourth-order valence-corrected chi connectivity index (χ4v) is 3.21. The van der Waals surface area contributed by atoms with Gasteiger partial charge in [0.15, 0.2) is 0 Å². The van der Waals surface area contributed by atoms with E-state index in [4.69, 9.17) is 0 Å². The summed E-state index contributed by atoms with van der Waals surface area (Å²) in [5.74, 6) is 0.750. The number of aryl methyl sites for hydroxylation is 2. The van der Waals surface area contributed by atoms with Crippen LogP contribution in [0.2, 0.25) is 0 Å².